The van der Waals surface area contributed by atoms with E-state index in [9.17, 15) is 0 Å². The van der Waals surface area contributed by atoms with E-state index in [1.165, 1.54) is 32.1 Å². The Morgan fingerprint density at radius 3 is 2.71 bits per heavy atom. The zero-order valence-corrected chi connectivity index (χ0v) is 13.3. The van der Waals surface area contributed by atoms with Crippen molar-refractivity contribution in [3.8, 4) is 5.75 Å². The molecule has 0 aliphatic heterocycles. The van der Waals surface area contributed by atoms with E-state index < -0.39 is 0 Å². The summed E-state index contributed by atoms with van der Waals surface area (Å²) in [5.74, 6) is 7.15. The van der Waals surface area contributed by atoms with Gasteiger partial charge in [0.1, 0.15) is 5.69 Å². The van der Waals surface area contributed by atoms with Gasteiger partial charge in [-0.25, -0.2) is 5.43 Å². The number of nitrogens with zero attached hydrogens (tertiary/aromatic N) is 2. The summed E-state index contributed by atoms with van der Waals surface area (Å²) in [5, 5.41) is 4.28. The Morgan fingerprint density at radius 2 is 2.14 bits per heavy atom. The highest BCUT2D eigenvalue weighted by atomic mass is 16.5. The molecule has 0 bridgehead atoms. The van der Waals surface area contributed by atoms with Gasteiger partial charge in [0.2, 0.25) is 0 Å². The number of aromatic nitrogens is 2. The predicted molar refractivity (Wildman–Crippen MR) is 81.8 cm³/mol. The van der Waals surface area contributed by atoms with Gasteiger partial charge in [-0.1, -0.05) is 19.3 Å². The third-order valence-electron chi connectivity index (χ3n) is 4.45. The monoisotopic (exact) mass is 296 g/mol. The van der Waals surface area contributed by atoms with Gasteiger partial charge in [0, 0.05) is 13.7 Å². The molecule has 0 aromatic carbocycles. The number of methoxy groups -OCH3 is 1. The molecule has 21 heavy (non-hydrogen) atoms. The molecule has 1 fully saturated rings. The van der Waals surface area contributed by atoms with Crippen LogP contribution < -0.4 is 16.0 Å². The zero-order chi connectivity index (χ0) is 15.2. The van der Waals surface area contributed by atoms with Crippen LogP contribution in [0.4, 0.5) is 0 Å². The van der Waals surface area contributed by atoms with Crippen molar-refractivity contribution in [2.24, 2.45) is 18.8 Å². The molecule has 1 aromatic heterocycles. The molecule has 0 saturated heterocycles. The van der Waals surface area contributed by atoms with Crippen molar-refractivity contribution in [1.82, 2.24) is 15.2 Å². The average molecular weight is 296 g/mol. The van der Waals surface area contributed by atoms with Gasteiger partial charge in [0.25, 0.3) is 0 Å². The highest BCUT2D eigenvalue weighted by Crippen LogP contribution is 2.36. The minimum Gasteiger partial charge on any atom is -0.493 e. The van der Waals surface area contributed by atoms with Crippen LogP contribution in [0, 0.1) is 5.92 Å². The van der Waals surface area contributed by atoms with Crippen LogP contribution in [0.15, 0.2) is 6.20 Å². The summed E-state index contributed by atoms with van der Waals surface area (Å²) in [7, 11) is 3.57. The van der Waals surface area contributed by atoms with Crippen molar-refractivity contribution in [2.75, 3.05) is 13.7 Å². The molecular weight excluding hydrogens is 268 g/mol. The van der Waals surface area contributed by atoms with Crippen molar-refractivity contribution in [3.63, 3.8) is 0 Å². The highest BCUT2D eigenvalue weighted by Gasteiger charge is 2.35. The maximum Gasteiger partial charge on any atom is 0.161 e. The predicted octanol–water partition coefficient (Wildman–Crippen LogP) is 1.92. The van der Waals surface area contributed by atoms with E-state index in [1.54, 1.807) is 13.3 Å². The maximum atomic E-state index is 6.07. The van der Waals surface area contributed by atoms with E-state index in [2.05, 4.69) is 10.5 Å². The number of ether oxygens (including phenoxy) is 2. The molecule has 1 aliphatic rings. The topological polar surface area (TPSA) is 74.3 Å². The summed E-state index contributed by atoms with van der Waals surface area (Å²) < 4.78 is 13.3. The molecule has 1 aromatic rings. The van der Waals surface area contributed by atoms with Crippen LogP contribution in [0.2, 0.25) is 0 Å². The number of hydrogen-bond acceptors (Lipinski definition) is 5. The lowest BCUT2D eigenvalue weighted by molar-refractivity contribution is -0.0205. The summed E-state index contributed by atoms with van der Waals surface area (Å²) in [5.41, 5.74) is 3.88. The molecular formula is C15H28N4O2. The smallest absolute Gasteiger partial charge is 0.161 e. The van der Waals surface area contributed by atoms with Crippen LogP contribution in [0.5, 0.6) is 5.75 Å². The van der Waals surface area contributed by atoms with Crippen molar-refractivity contribution < 1.29 is 9.47 Å². The highest BCUT2D eigenvalue weighted by molar-refractivity contribution is 5.29. The Bertz CT molecular complexity index is 429. The second-order valence-electron chi connectivity index (χ2n) is 5.68. The van der Waals surface area contributed by atoms with Crippen LogP contribution in [0.3, 0.4) is 0 Å². The Morgan fingerprint density at radius 1 is 1.43 bits per heavy atom. The molecule has 3 N–H and O–H groups in total. The summed E-state index contributed by atoms with van der Waals surface area (Å²) in [6.45, 7) is 2.71. The lowest BCUT2D eigenvalue weighted by Gasteiger charge is -2.35. The molecule has 2 rings (SSSR count). The fourth-order valence-electron chi connectivity index (χ4n) is 3.43. The number of rotatable bonds is 7. The van der Waals surface area contributed by atoms with Gasteiger partial charge in [-0.05, 0) is 25.7 Å². The third kappa shape index (κ3) is 3.56. The quantitative estimate of drug-likeness (QED) is 0.594. The van der Waals surface area contributed by atoms with Crippen LogP contribution >= 0.6 is 0 Å². The number of hydrazine groups is 1. The molecule has 6 nitrogen and oxygen atoms in total. The first kappa shape index (κ1) is 16.3. The molecule has 120 valence electrons. The summed E-state index contributed by atoms with van der Waals surface area (Å²) in [6, 6.07) is -0.115. The van der Waals surface area contributed by atoms with Gasteiger partial charge in [-0.2, -0.15) is 5.10 Å². The summed E-state index contributed by atoms with van der Waals surface area (Å²) in [6.07, 6.45) is 8.03. The maximum absolute atomic E-state index is 6.07. The standard InChI is InChI=1S/C15H28N4O2/c1-4-21-15(11-8-6-5-7-9-11)13(18-16)14-12(20-3)10-17-19(14)2/h10-11,13,15,18H,4-9,16H2,1-3H3. The lowest BCUT2D eigenvalue weighted by atomic mass is 9.82. The molecule has 1 aliphatic carbocycles. The van der Waals surface area contributed by atoms with Gasteiger partial charge in [0.05, 0.1) is 25.5 Å². The molecule has 0 radical (unpaired) electrons. The van der Waals surface area contributed by atoms with Crippen LogP contribution in [-0.2, 0) is 11.8 Å². The van der Waals surface area contributed by atoms with Crippen molar-refractivity contribution in [2.45, 2.75) is 51.2 Å². The van der Waals surface area contributed by atoms with Gasteiger partial charge >= 0.3 is 0 Å². The molecule has 0 spiro atoms. The Kier molecular flexibility index (Phi) is 6.02. The molecule has 1 saturated carbocycles. The molecule has 2 atom stereocenters. The molecule has 2 unspecified atom stereocenters. The number of hydrogen-bond donors (Lipinski definition) is 2. The summed E-state index contributed by atoms with van der Waals surface area (Å²) >= 11 is 0. The minimum absolute atomic E-state index is 0.0459. The number of nitrogens with one attached hydrogen (secondary N) is 1. The van der Waals surface area contributed by atoms with E-state index in [0.717, 1.165) is 11.4 Å². The number of nitrogens with two attached hydrogens (primary N) is 1. The Hall–Kier alpha value is -1.11. The lowest BCUT2D eigenvalue weighted by Crippen LogP contribution is -2.43. The molecule has 1 heterocycles. The molecule has 0 amide bonds. The van der Waals surface area contributed by atoms with Crippen LogP contribution in [0.25, 0.3) is 0 Å². The van der Waals surface area contributed by atoms with E-state index in [-0.39, 0.29) is 12.1 Å². The Balaban J connectivity index is 2.27. The van der Waals surface area contributed by atoms with Crippen molar-refractivity contribution in [1.29, 1.82) is 0 Å². The first-order chi connectivity index (χ1) is 10.2. The van der Waals surface area contributed by atoms with Crippen LogP contribution in [-0.4, -0.2) is 29.6 Å². The molecule has 6 heteroatoms. The van der Waals surface area contributed by atoms with Gasteiger partial charge in [0.15, 0.2) is 5.75 Å². The van der Waals surface area contributed by atoms with Gasteiger partial charge < -0.3 is 9.47 Å². The van der Waals surface area contributed by atoms with E-state index in [4.69, 9.17) is 15.3 Å². The van der Waals surface area contributed by atoms with E-state index in [1.807, 2.05) is 18.7 Å². The number of aryl methyl sites for hydroxylation is 1. The zero-order valence-electron chi connectivity index (χ0n) is 13.3. The first-order valence-corrected chi connectivity index (χ1v) is 7.86. The normalized spacial score (nSPS) is 19.4. The van der Waals surface area contributed by atoms with Crippen LogP contribution in [0.1, 0.15) is 50.8 Å². The Labute approximate surface area is 126 Å². The fourth-order valence-corrected chi connectivity index (χ4v) is 3.43. The van der Waals surface area contributed by atoms with E-state index >= 15 is 0 Å². The fraction of sp³-hybridized carbons (Fsp3) is 0.800. The van der Waals surface area contributed by atoms with Crippen molar-refractivity contribution >= 4 is 0 Å². The third-order valence-corrected chi connectivity index (χ3v) is 4.45. The van der Waals surface area contributed by atoms with E-state index in [0.29, 0.717) is 12.5 Å². The van der Waals surface area contributed by atoms with Gasteiger partial charge in [-0.3, -0.25) is 10.5 Å². The average Bonchev–Trinajstić information content (AvgIpc) is 2.89. The van der Waals surface area contributed by atoms with Gasteiger partial charge in [-0.15, -0.1) is 0 Å². The largest absolute Gasteiger partial charge is 0.493 e. The summed E-state index contributed by atoms with van der Waals surface area (Å²) in [4.78, 5) is 0. The second kappa shape index (κ2) is 7.77. The second-order valence-corrected chi connectivity index (χ2v) is 5.68. The SMILES string of the molecule is CCOC(C1CCCCC1)C(NN)c1c(OC)cnn1C. The van der Waals surface area contributed by atoms with Crippen molar-refractivity contribution in [3.05, 3.63) is 11.9 Å². The first-order valence-electron chi connectivity index (χ1n) is 7.86. The minimum atomic E-state index is -0.115.